The number of aryl methyl sites for hydroxylation is 1. The molecule has 4 aromatic rings. The Hall–Kier alpha value is -4.17. The molecule has 3 saturated heterocycles. The minimum atomic E-state index is -0.813. The average molecular weight is 834 g/mol. The number of nitrogens with zero attached hydrogens (tertiary/aromatic N) is 5. The monoisotopic (exact) mass is 833 g/mol. The molecule has 1 aromatic carbocycles. The molecule has 3 saturated carbocycles. The molecule has 13 heteroatoms. The van der Waals surface area contributed by atoms with Crippen molar-refractivity contribution in [1.29, 1.82) is 0 Å². The Kier molecular flexibility index (Phi) is 9.81. The number of piperidine rings is 1. The van der Waals surface area contributed by atoms with E-state index in [2.05, 4.69) is 97.7 Å². The SMILES string of the molecule is CCn1c(-c2cc([C@]34CCN(C)C[C@H]3C4)cnc2[C@H](C)OC)c2c3cc(ccc31)-c1csc(n1)C[C@H](NC(=O)[C@H]1C[C@@H]1C)C(=O)N1N[C@H](C(=O)OCC(C)(C)C2)C2CC1C2. The van der Waals surface area contributed by atoms with Gasteiger partial charge in [0.2, 0.25) is 5.91 Å². The first-order valence-corrected chi connectivity index (χ1v) is 23.0. The lowest BCUT2D eigenvalue weighted by molar-refractivity contribution is -0.171. The molecule has 2 N–H and O–H groups in total. The maximum absolute atomic E-state index is 14.4. The Bertz CT molecular complexity index is 2380. The number of rotatable bonds is 7. The number of ether oxygens (including phenoxy) is 2. The van der Waals surface area contributed by atoms with Crippen LogP contribution in [-0.2, 0) is 48.7 Å². The quantitative estimate of drug-likeness (QED) is 0.202. The Morgan fingerprint density at radius 3 is 2.72 bits per heavy atom. The third kappa shape index (κ3) is 6.78. The minimum absolute atomic E-state index is 0.0329. The van der Waals surface area contributed by atoms with Crippen LogP contribution in [0.5, 0.6) is 0 Å². The zero-order valence-electron chi connectivity index (χ0n) is 36.0. The minimum Gasteiger partial charge on any atom is -0.464 e. The van der Waals surface area contributed by atoms with E-state index in [9.17, 15) is 14.4 Å². The fraction of sp³-hybridized carbons (Fsp3) is 0.596. The van der Waals surface area contributed by atoms with E-state index in [-0.39, 0.29) is 60.2 Å². The molecule has 4 aliphatic heterocycles. The fourth-order valence-corrected chi connectivity index (χ4v) is 11.8. The van der Waals surface area contributed by atoms with Crippen LogP contribution in [0.4, 0.5) is 0 Å². The Morgan fingerprint density at radius 2 is 1.98 bits per heavy atom. The molecule has 60 heavy (non-hydrogen) atoms. The van der Waals surface area contributed by atoms with Gasteiger partial charge in [0, 0.05) is 83.0 Å². The van der Waals surface area contributed by atoms with Crippen LogP contribution in [0.25, 0.3) is 33.4 Å². The Morgan fingerprint density at radius 1 is 1.18 bits per heavy atom. The maximum atomic E-state index is 14.4. The summed E-state index contributed by atoms with van der Waals surface area (Å²) in [6, 6.07) is 7.57. The molecule has 0 radical (unpaired) electrons. The number of hydrazine groups is 1. The molecule has 3 aliphatic carbocycles. The lowest BCUT2D eigenvalue weighted by Crippen LogP contribution is -2.71. The van der Waals surface area contributed by atoms with Gasteiger partial charge in [-0.15, -0.1) is 11.3 Å². The summed E-state index contributed by atoms with van der Waals surface area (Å²) >= 11 is 1.51. The van der Waals surface area contributed by atoms with E-state index >= 15 is 0 Å². The van der Waals surface area contributed by atoms with Gasteiger partial charge in [-0.1, -0.05) is 26.8 Å². The highest BCUT2D eigenvalue weighted by molar-refractivity contribution is 7.10. The van der Waals surface area contributed by atoms with Gasteiger partial charge < -0.3 is 24.3 Å². The van der Waals surface area contributed by atoms with Gasteiger partial charge >= 0.3 is 5.97 Å². The van der Waals surface area contributed by atoms with E-state index in [4.69, 9.17) is 19.4 Å². The number of benzene rings is 1. The van der Waals surface area contributed by atoms with Crippen molar-refractivity contribution in [3.63, 3.8) is 0 Å². The van der Waals surface area contributed by atoms with Gasteiger partial charge in [-0.05, 0) is 113 Å². The van der Waals surface area contributed by atoms with Crippen LogP contribution < -0.4 is 10.7 Å². The molecular weight excluding hydrogens is 775 g/mol. The van der Waals surface area contributed by atoms with Gasteiger partial charge in [-0.2, -0.15) is 0 Å². The van der Waals surface area contributed by atoms with Gasteiger partial charge in [0.15, 0.2) is 0 Å². The normalized spacial score (nSPS) is 31.4. The van der Waals surface area contributed by atoms with Gasteiger partial charge in [-0.3, -0.25) is 24.4 Å². The number of carbonyl (C=O) groups is 3. The largest absolute Gasteiger partial charge is 0.464 e. The number of thiazole rings is 1. The van der Waals surface area contributed by atoms with Crippen molar-refractivity contribution in [2.24, 2.45) is 29.1 Å². The zero-order chi connectivity index (χ0) is 41.8. The number of pyridine rings is 1. The molecule has 7 aliphatic rings. The molecule has 3 aromatic heterocycles. The van der Waals surface area contributed by atoms with Crippen LogP contribution in [-0.4, -0.2) is 94.2 Å². The van der Waals surface area contributed by atoms with E-state index in [0.29, 0.717) is 18.3 Å². The van der Waals surface area contributed by atoms with Crippen molar-refractivity contribution < 1.29 is 23.9 Å². The predicted molar refractivity (Wildman–Crippen MR) is 231 cm³/mol. The molecule has 8 bridgehead atoms. The van der Waals surface area contributed by atoms with Crippen LogP contribution in [0.2, 0.25) is 0 Å². The number of nitrogens with one attached hydrogen (secondary N) is 2. The third-order valence-corrected chi connectivity index (χ3v) is 15.8. The third-order valence-electron chi connectivity index (χ3n) is 15.0. The van der Waals surface area contributed by atoms with E-state index in [1.807, 2.05) is 0 Å². The summed E-state index contributed by atoms with van der Waals surface area (Å²) in [7, 11) is 3.98. The molecule has 11 rings (SSSR count). The summed E-state index contributed by atoms with van der Waals surface area (Å²) in [4.78, 5) is 54.6. The lowest BCUT2D eigenvalue weighted by Gasteiger charge is -2.53. The van der Waals surface area contributed by atoms with Crippen LogP contribution >= 0.6 is 11.3 Å². The summed E-state index contributed by atoms with van der Waals surface area (Å²) in [6.07, 6.45) is 7.38. The van der Waals surface area contributed by atoms with Crippen LogP contribution in [0.1, 0.15) is 94.7 Å². The number of aromatic nitrogens is 3. The highest BCUT2D eigenvalue weighted by Gasteiger charge is 2.57. The second-order valence-corrected chi connectivity index (χ2v) is 20.7. The van der Waals surface area contributed by atoms with Crippen molar-refractivity contribution in [1.82, 2.24) is 35.2 Å². The predicted octanol–water partition coefficient (Wildman–Crippen LogP) is 6.45. The summed E-state index contributed by atoms with van der Waals surface area (Å²) in [5.41, 5.74) is 11.6. The van der Waals surface area contributed by atoms with E-state index < -0.39 is 17.5 Å². The number of carbonyl (C=O) groups excluding carboxylic acids is 3. The Labute approximate surface area is 356 Å². The van der Waals surface area contributed by atoms with Gasteiger partial charge in [0.25, 0.3) is 5.91 Å². The zero-order valence-corrected chi connectivity index (χ0v) is 36.9. The van der Waals surface area contributed by atoms with Crippen molar-refractivity contribution in [2.45, 2.75) is 116 Å². The van der Waals surface area contributed by atoms with Crippen LogP contribution in [0, 0.1) is 29.1 Å². The van der Waals surface area contributed by atoms with Gasteiger partial charge in [0.05, 0.1) is 34.8 Å². The van der Waals surface area contributed by atoms with Crippen LogP contribution in [0.3, 0.4) is 0 Å². The molecule has 6 fully saturated rings. The molecule has 0 unspecified atom stereocenters. The number of esters is 1. The number of fused-ring (bicyclic) bond motifs is 5. The van der Waals surface area contributed by atoms with E-state index in [1.54, 1.807) is 12.1 Å². The topological polar surface area (TPSA) is 131 Å². The smallest absolute Gasteiger partial charge is 0.325 e. The lowest BCUT2D eigenvalue weighted by atomic mass is 9.73. The number of hydrogen-bond acceptors (Lipinski definition) is 10. The van der Waals surface area contributed by atoms with Crippen LogP contribution in [0.15, 0.2) is 35.8 Å². The molecule has 2 amide bonds. The Balaban J connectivity index is 1.11. The molecule has 0 spiro atoms. The highest BCUT2D eigenvalue weighted by atomic mass is 32.1. The summed E-state index contributed by atoms with van der Waals surface area (Å²) in [5, 5.41) is 8.69. The second-order valence-electron chi connectivity index (χ2n) is 19.8. The summed E-state index contributed by atoms with van der Waals surface area (Å²) in [5.74, 6) is 0.272. The first-order valence-electron chi connectivity index (χ1n) is 22.2. The second kappa shape index (κ2) is 14.7. The number of likely N-dealkylation sites (tertiary alicyclic amines) is 1. The molecule has 318 valence electrons. The van der Waals surface area contributed by atoms with Crippen molar-refractivity contribution in [3.05, 3.63) is 57.7 Å². The highest BCUT2D eigenvalue weighted by Crippen LogP contribution is 2.59. The van der Waals surface area contributed by atoms with Crippen molar-refractivity contribution in [2.75, 3.05) is 33.9 Å². The van der Waals surface area contributed by atoms with Crippen molar-refractivity contribution >= 4 is 40.0 Å². The standard InChI is InChI=1S/C47H59N7O5S/c1-8-53-38-10-9-27-16-33(38)35(42(53)34-17-29(21-48-40(34)26(3)58-7)47-11-12-52(6)22-30(47)19-47)20-46(4,5)24-59-45(57)41-28-14-31(15-28)54(51-41)44(56)36(18-39-49-37(27)23-60-39)50-43(55)32-13-25(32)2/h9-10,16-17,21,23,25-26,28,30-32,36,41,51H,8,11-15,18-20,22,24H2,1-7H3,(H,50,55)/t25-,26-,28?,30+,31?,32-,36-,41-,47+/m0/s1. The molecule has 7 heterocycles. The number of methoxy groups -OCH3 is 1. The maximum Gasteiger partial charge on any atom is 0.325 e. The summed E-state index contributed by atoms with van der Waals surface area (Å²) in [6.45, 7) is 13.8. The average Bonchev–Trinajstić information content (AvgIpc) is 4.06. The molecular formula is C47H59N7O5S. The van der Waals surface area contributed by atoms with Gasteiger partial charge in [-0.25, -0.2) is 10.4 Å². The molecule has 12 nitrogen and oxygen atoms in total. The van der Waals surface area contributed by atoms with Crippen molar-refractivity contribution in [3.8, 4) is 22.5 Å². The first kappa shape index (κ1) is 39.9. The van der Waals surface area contributed by atoms with E-state index in [1.165, 1.54) is 28.9 Å². The molecule has 7 atom stereocenters. The number of amides is 2. The summed E-state index contributed by atoms with van der Waals surface area (Å²) < 4.78 is 14.7. The van der Waals surface area contributed by atoms with E-state index in [0.717, 1.165) is 89.4 Å². The fourth-order valence-electron chi connectivity index (χ4n) is 10.9. The first-order chi connectivity index (χ1) is 28.8. The number of cyclic esters (lactones) is 1. The van der Waals surface area contributed by atoms with Gasteiger partial charge in [0.1, 0.15) is 12.1 Å². The number of hydrogen-bond donors (Lipinski definition) is 2.